The number of amides is 1. The number of carbonyl (C=O) groups is 1. The first-order chi connectivity index (χ1) is 12.1. The summed E-state index contributed by atoms with van der Waals surface area (Å²) in [4.78, 5) is 12.4. The number of benzene rings is 3. The summed E-state index contributed by atoms with van der Waals surface area (Å²) >= 11 is 0. The zero-order valence-electron chi connectivity index (χ0n) is 14.3. The van der Waals surface area contributed by atoms with E-state index in [0.717, 1.165) is 22.1 Å². The first-order valence-electron chi connectivity index (χ1n) is 8.17. The van der Waals surface area contributed by atoms with Crippen LogP contribution in [0, 0.1) is 5.82 Å². The van der Waals surface area contributed by atoms with Crippen LogP contribution < -0.4 is 10.1 Å². The van der Waals surface area contributed by atoms with E-state index in [9.17, 15) is 9.18 Å². The molecule has 128 valence electrons. The van der Waals surface area contributed by atoms with Crippen LogP contribution in [0.1, 0.15) is 24.0 Å². The van der Waals surface area contributed by atoms with Gasteiger partial charge in [0.25, 0.3) is 0 Å². The average Bonchev–Trinajstić information content (AvgIpc) is 2.65. The van der Waals surface area contributed by atoms with Crippen molar-refractivity contribution in [1.82, 2.24) is 5.32 Å². The quantitative estimate of drug-likeness (QED) is 0.749. The van der Waals surface area contributed by atoms with Gasteiger partial charge in [-0.2, -0.15) is 0 Å². The third-order valence-corrected chi connectivity index (χ3v) is 4.38. The molecule has 1 atom stereocenters. The molecule has 0 aliphatic rings. The second kappa shape index (κ2) is 7.34. The fourth-order valence-corrected chi connectivity index (χ4v) is 2.77. The van der Waals surface area contributed by atoms with Gasteiger partial charge in [-0.3, -0.25) is 4.79 Å². The molecule has 0 aliphatic heterocycles. The van der Waals surface area contributed by atoms with Crippen LogP contribution in [0.25, 0.3) is 10.8 Å². The maximum Gasteiger partial charge on any atom is 0.227 e. The number of fused-ring (bicyclic) bond motifs is 1. The van der Waals surface area contributed by atoms with Crippen LogP contribution in [-0.2, 0) is 11.3 Å². The Balaban J connectivity index is 1.73. The van der Waals surface area contributed by atoms with E-state index in [1.807, 2.05) is 43.3 Å². The molecule has 1 N–H and O–H groups in total. The van der Waals surface area contributed by atoms with E-state index < -0.39 is 0 Å². The van der Waals surface area contributed by atoms with Crippen molar-refractivity contribution < 1.29 is 13.9 Å². The molecule has 3 rings (SSSR count). The highest BCUT2D eigenvalue weighted by Gasteiger charge is 2.16. The third kappa shape index (κ3) is 3.79. The minimum absolute atomic E-state index is 0.129. The van der Waals surface area contributed by atoms with Crippen LogP contribution >= 0.6 is 0 Å². The Hall–Kier alpha value is -2.88. The van der Waals surface area contributed by atoms with Crippen molar-refractivity contribution >= 4 is 16.7 Å². The standard InChI is InChI=1S/C21H20FNO2/c1-14(21(24)23-13-18-5-3-4-6-20(18)22)15-7-8-17-12-19(25-2)10-9-16(17)11-15/h3-12,14H,13H2,1-2H3,(H,23,24). The molecule has 4 heteroatoms. The van der Waals surface area contributed by atoms with Crippen molar-refractivity contribution in [3.63, 3.8) is 0 Å². The lowest BCUT2D eigenvalue weighted by molar-refractivity contribution is -0.122. The van der Waals surface area contributed by atoms with Gasteiger partial charge in [-0.1, -0.05) is 42.5 Å². The minimum atomic E-state index is -0.321. The van der Waals surface area contributed by atoms with Gasteiger partial charge in [-0.05, 0) is 41.5 Å². The average molecular weight is 337 g/mol. The van der Waals surface area contributed by atoms with Crippen molar-refractivity contribution in [2.75, 3.05) is 7.11 Å². The van der Waals surface area contributed by atoms with E-state index in [4.69, 9.17) is 4.74 Å². The summed E-state index contributed by atoms with van der Waals surface area (Å²) in [7, 11) is 1.64. The lowest BCUT2D eigenvalue weighted by Crippen LogP contribution is -2.27. The van der Waals surface area contributed by atoms with Gasteiger partial charge in [0.2, 0.25) is 5.91 Å². The highest BCUT2D eigenvalue weighted by Crippen LogP contribution is 2.25. The minimum Gasteiger partial charge on any atom is -0.497 e. The Morgan fingerprint density at radius 2 is 1.80 bits per heavy atom. The molecule has 3 nitrogen and oxygen atoms in total. The van der Waals surface area contributed by atoms with Crippen LogP contribution in [0.3, 0.4) is 0 Å². The molecule has 0 bridgehead atoms. The summed E-state index contributed by atoms with van der Waals surface area (Å²) in [6.45, 7) is 2.03. The molecular formula is C21H20FNO2. The highest BCUT2D eigenvalue weighted by molar-refractivity contribution is 5.88. The molecule has 3 aromatic carbocycles. The van der Waals surface area contributed by atoms with Gasteiger partial charge in [0, 0.05) is 12.1 Å². The van der Waals surface area contributed by atoms with E-state index in [0.29, 0.717) is 5.56 Å². The van der Waals surface area contributed by atoms with Gasteiger partial charge in [-0.15, -0.1) is 0 Å². The Bertz CT molecular complexity index is 907. The zero-order valence-corrected chi connectivity index (χ0v) is 14.3. The SMILES string of the molecule is COc1ccc2cc(C(C)C(=O)NCc3ccccc3F)ccc2c1. The second-order valence-electron chi connectivity index (χ2n) is 6.00. The summed E-state index contributed by atoms with van der Waals surface area (Å²) in [5.74, 6) is 0.0421. The van der Waals surface area contributed by atoms with E-state index in [1.54, 1.807) is 25.3 Å². The fourth-order valence-electron chi connectivity index (χ4n) is 2.77. The molecule has 0 heterocycles. The maximum atomic E-state index is 13.6. The molecule has 0 fully saturated rings. The summed E-state index contributed by atoms with van der Waals surface area (Å²) in [6, 6.07) is 18.2. The van der Waals surface area contributed by atoms with E-state index in [2.05, 4.69) is 5.32 Å². The molecule has 25 heavy (non-hydrogen) atoms. The molecule has 0 saturated heterocycles. The van der Waals surface area contributed by atoms with E-state index in [1.165, 1.54) is 6.07 Å². The molecule has 0 saturated carbocycles. The Morgan fingerprint density at radius 3 is 2.56 bits per heavy atom. The number of carbonyl (C=O) groups excluding carboxylic acids is 1. The number of hydrogen-bond acceptors (Lipinski definition) is 2. The number of rotatable bonds is 5. The molecule has 0 aromatic heterocycles. The fraction of sp³-hybridized carbons (Fsp3) is 0.190. The summed E-state index contributed by atoms with van der Waals surface area (Å²) in [6.07, 6.45) is 0. The van der Waals surface area contributed by atoms with Crippen LogP contribution in [0.15, 0.2) is 60.7 Å². The van der Waals surface area contributed by atoms with Crippen molar-refractivity contribution in [3.05, 3.63) is 77.6 Å². The summed E-state index contributed by atoms with van der Waals surface area (Å²) < 4.78 is 18.9. The summed E-state index contributed by atoms with van der Waals surface area (Å²) in [5.41, 5.74) is 1.40. The van der Waals surface area contributed by atoms with E-state index >= 15 is 0 Å². The molecule has 1 amide bonds. The smallest absolute Gasteiger partial charge is 0.227 e. The first-order valence-corrected chi connectivity index (χ1v) is 8.17. The van der Waals surface area contributed by atoms with Crippen LogP contribution in [0.4, 0.5) is 4.39 Å². The van der Waals surface area contributed by atoms with Crippen molar-refractivity contribution in [3.8, 4) is 5.75 Å². The van der Waals surface area contributed by atoms with Gasteiger partial charge in [-0.25, -0.2) is 4.39 Å². The molecule has 0 spiro atoms. The first kappa shape index (κ1) is 17.0. The molecule has 0 radical (unpaired) electrons. The van der Waals surface area contributed by atoms with Gasteiger partial charge in [0.15, 0.2) is 0 Å². The Morgan fingerprint density at radius 1 is 1.08 bits per heavy atom. The lowest BCUT2D eigenvalue weighted by Gasteiger charge is -2.14. The topological polar surface area (TPSA) is 38.3 Å². The number of halogens is 1. The third-order valence-electron chi connectivity index (χ3n) is 4.38. The van der Waals surface area contributed by atoms with Crippen molar-refractivity contribution in [2.45, 2.75) is 19.4 Å². The molecule has 3 aromatic rings. The number of nitrogens with one attached hydrogen (secondary N) is 1. The number of methoxy groups -OCH3 is 1. The van der Waals surface area contributed by atoms with Crippen molar-refractivity contribution in [1.29, 1.82) is 0 Å². The maximum absolute atomic E-state index is 13.6. The van der Waals surface area contributed by atoms with Crippen molar-refractivity contribution in [2.24, 2.45) is 0 Å². The molecule has 0 aliphatic carbocycles. The van der Waals surface area contributed by atoms with Gasteiger partial charge >= 0.3 is 0 Å². The van der Waals surface area contributed by atoms with Gasteiger partial charge in [0.05, 0.1) is 13.0 Å². The van der Waals surface area contributed by atoms with Gasteiger partial charge in [0.1, 0.15) is 11.6 Å². The number of hydrogen-bond donors (Lipinski definition) is 1. The largest absolute Gasteiger partial charge is 0.497 e. The monoisotopic (exact) mass is 337 g/mol. The predicted molar refractivity (Wildman–Crippen MR) is 97.2 cm³/mol. The normalized spacial score (nSPS) is 12.0. The van der Waals surface area contributed by atoms with E-state index in [-0.39, 0.29) is 24.2 Å². The van der Waals surface area contributed by atoms with Gasteiger partial charge < -0.3 is 10.1 Å². The molecular weight excluding hydrogens is 317 g/mol. The summed E-state index contributed by atoms with van der Waals surface area (Å²) in [5, 5.41) is 4.91. The second-order valence-corrected chi connectivity index (χ2v) is 6.00. The lowest BCUT2D eigenvalue weighted by atomic mass is 9.97. The van der Waals surface area contributed by atoms with Crippen LogP contribution in [-0.4, -0.2) is 13.0 Å². The highest BCUT2D eigenvalue weighted by atomic mass is 19.1. The van der Waals surface area contributed by atoms with Crippen LogP contribution in [0.2, 0.25) is 0 Å². The number of ether oxygens (including phenoxy) is 1. The Labute approximate surface area is 146 Å². The Kier molecular flexibility index (Phi) is 4.98. The van der Waals surface area contributed by atoms with Crippen LogP contribution in [0.5, 0.6) is 5.75 Å². The predicted octanol–water partition coefficient (Wildman–Crippen LogP) is 4.41. The molecule has 1 unspecified atom stereocenters. The zero-order chi connectivity index (χ0) is 17.8.